The number of aryl methyl sites for hydroxylation is 2. The highest BCUT2D eigenvalue weighted by molar-refractivity contribution is 7.15. The summed E-state index contributed by atoms with van der Waals surface area (Å²) in [4.78, 5) is 17.9. The number of hydrogen-bond donors (Lipinski definition) is 2. The van der Waals surface area contributed by atoms with Gasteiger partial charge in [0, 0.05) is 10.4 Å². The van der Waals surface area contributed by atoms with Crippen LogP contribution in [0.2, 0.25) is 0 Å². The summed E-state index contributed by atoms with van der Waals surface area (Å²) in [6.45, 7) is 6.62. The monoisotopic (exact) mass is 356 g/mol. The van der Waals surface area contributed by atoms with E-state index in [4.69, 9.17) is 4.74 Å². The number of thiazole rings is 1. The van der Waals surface area contributed by atoms with Crippen molar-refractivity contribution in [1.29, 1.82) is 0 Å². The summed E-state index contributed by atoms with van der Waals surface area (Å²) in [6.07, 6.45) is 0.851. The maximum absolute atomic E-state index is 12.4. The van der Waals surface area contributed by atoms with Gasteiger partial charge in [-0.1, -0.05) is 6.92 Å². The summed E-state index contributed by atoms with van der Waals surface area (Å²) in [7, 11) is 0. The van der Waals surface area contributed by atoms with Crippen molar-refractivity contribution in [3.8, 4) is 17.0 Å². The van der Waals surface area contributed by atoms with Crippen molar-refractivity contribution in [2.75, 3.05) is 11.9 Å². The molecule has 7 heteroatoms. The van der Waals surface area contributed by atoms with E-state index in [0.29, 0.717) is 23.1 Å². The highest BCUT2D eigenvalue weighted by Gasteiger charge is 2.14. The second-order valence-corrected chi connectivity index (χ2v) is 6.66. The summed E-state index contributed by atoms with van der Waals surface area (Å²) in [5, 5.41) is 10.4. The molecule has 1 aromatic carbocycles. The average molecular weight is 356 g/mol. The lowest BCUT2D eigenvalue weighted by molar-refractivity contribution is 0.102. The molecule has 0 aliphatic carbocycles. The smallest absolute Gasteiger partial charge is 0.275 e. The summed E-state index contributed by atoms with van der Waals surface area (Å²) < 4.78 is 5.43. The minimum atomic E-state index is -0.249. The Hall–Kier alpha value is -2.67. The zero-order valence-electron chi connectivity index (χ0n) is 14.4. The predicted octanol–water partition coefficient (Wildman–Crippen LogP) is 4.06. The Morgan fingerprint density at radius 3 is 2.68 bits per heavy atom. The lowest BCUT2D eigenvalue weighted by Crippen LogP contribution is -2.12. The van der Waals surface area contributed by atoms with E-state index in [2.05, 4.69) is 20.5 Å². The third-order valence-corrected chi connectivity index (χ3v) is 4.66. The molecule has 0 aliphatic rings. The van der Waals surface area contributed by atoms with Gasteiger partial charge in [0.1, 0.15) is 11.4 Å². The molecule has 2 heterocycles. The molecule has 0 unspecified atom stereocenters. The molecule has 25 heavy (non-hydrogen) atoms. The average Bonchev–Trinajstić information content (AvgIpc) is 3.22. The number of nitrogens with one attached hydrogen (secondary N) is 2. The van der Waals surface area contributed by atoms with E-state index in [1.807, 2.05) is 45.0 Å². The third kappa shape index (κ3) is 3.88. The van der Waals surface area contributed by atoms with Crippen LogP contribution in [-0.4, -0.2) is 27.7 Å². The summed E-state index contributed by atoms with van der Waals surface area (Å²) in [5.41, 5.74) is 3.03. The maximum Gasteiger partial charge on any atom is 0.275 e. The fraction of sp³-hybridized carbons (Fsp3) is 0.278. The first-order valence-electron chi connectivity index (χ1n) is 8.17. The quantitative estimate of drug-likeness (QED) is 0.698. The molecule has 1 amide bonds. The number of carbonyl (C=O) groups excluding carboxylic acids is 1. The van der Waals surface area contributed by atoms with Gasteiger partial charge in [0.25, 0.3) is 5.91 Å². The summed E-state index contributed by atoms with van der Waals surface area (Å²) in [5.74, 6) is 0.562. The van der Waals surface area contributed by atoms with Gasteiger partial charge in [0.15, 0.2) is 5.13 Å². The zero-order valence-corrected chi connectivity index (χ0v) is 15.2. The van der Waals surface area contributed by atoms with Crippen molar-refractivity contribution >= 4 is 22.4 Å². The fourth-order valence-electron chi connectivity index (χ4n) is 2.45. The summed E-state index contributed by atoms with van der Waals surface area (Å²) >= 11 is 1.48. The molecule has 0 aliphatic heterocycles. The van der Waals surface area contributed by atoms with Gasteiger partial charge >= 0.3 is 0 Å². The van der Waals surface area contributed by atoms with E-state index in [9.17, 15) is 4.79 Å². The molecular formula is C18H20N4O2S. The topological polar surface area (TPSA) is 79.9 Å². The molecule has 0 saturated carbocycles. The molecule has 6 nitrogen and oxygen atoms in total. The van der Waals surface area contributed by atoms with Gasteiger partial charge < -0.3 is 4.74 Å². The standard InChI is InChI=1S/C18H20N4O2S/c1-4-14-11(3)25-18(19-14)20-17(23)16-10-15(21-22-16)12-6-8-13(9-7-12)24-5-2/h6-10H,4-5H2,1-3H3,(H,21,22)(H,19,20,23). The molecule has 0 atom stereocenters. The van der Waals surface area contributed by atoms with Crippen LogP contribution < -0.4 is 10.1 Å². The first-order chi connectivity index (χ1) is 12.1. The molecule has 0 radical (unpaired) electrons. The highest BCUT2D eigenvalue weighted by atomic mass is 32.1. The van der Waals surface area contributed by atoms with Crippen molar-refractivity contribution in [2.24, 2.45) is 0 Å². The highest BCUT2D eigenvalue weighted by Crippen LogP contribution is 2.24. The van der Waals surface area contributed by atoms with Crippen LogP contribution >= 0.6 is 11.3 Å². The van der Waals surface area contributed by atoms with E-state index >= 15 is 0 Å². The second-order valence-electron chi connectivity index (χ2n) is 5.45. The first kappa shape index (κ1) is 17.2. The SMILES string of the molecule is CCOc1ccc(-c2cc(C(=O)Nc3nc(CC)c(C)s3)[nH]n2)cc1. The van der Waals surface area contributed by atoms with Crippen molar-refractivity contribution < 1.29 is 9.53 Å². The van der Waals surface area contributed by atoms with Crippen LogP contribution in [0, 0.1) is 6.92 Å². The molecule has 0 fully saturated rings. The van der Waals surface area contributed by atoms with Crippen LogP contribution in [0.5, 0.6) is 5.75 Å². The van der Waals surface area contributed by atoms with E-state index in [0.717, 1.165) is 28.3 Å². The largest absolute Gasteiger partial charge is 0.494 e. The third-order valence-electron chi connectivity index (χ3n) is 3.73. The number of rotatable bonds is 6. The van der Waals surface area contributed by atoms with Crippen LogP contribution in [0.25, 0.3) is 11.3 Å². The molecular weight excluding hydrogens is 336 g/mol. The number of H-pyrrole nitrogens is 1. The van der Waals surface area contributed by atoms with E-state index in [-0.39, 0.29) is 5.91 Å². The molecule has 3 aromatic rings. The van der Waals surface area contributed by atoms with Gasteiger partial charge in [-0.3, -0.25) is 15.2 Å². The van der Waals surface area contributed by atoms with Gasteiger partial charge in [-0.25, -0.2) is 4.98 Å². The Labute approximate surface area is 150 Å². The van der Waals surface area contributed by atoms with Crippen molar-refractivity contribution in [3.05, 3.63) is 46.6 Å². The summed E-state index contributed by atoms with van der Waals surface area (Å²) in [6, 6.07) is 9.34. The lowest BCUT2D eigenvalue weighted by Gasteiger charge is -2.02. The minimum absolute atomic E-state index is 0.249. The zero-order chi connectivity index (χ0) is 17.8. The Balaban J connectivity index is 1.72. The molecule has 2 aromatic heterocycles. The molecule has 0 bridgehead atoms. The number of hydrogen-bond acceptors (Lipinski definition) is 5. The van der Waals surface area contributed by atoms with Crippen molar-refractivity contribution in [2.45, 2.75) is 27.2 Å². The number of anilines is 1. The van der Waals surface area contributed by atoms with Gasteiger partial charge in [-0.15, -0.1) is 11.3 Å². The predicted molar refractivity (Wildman–Crippen MR) is 99.4 cm³/mol. The van der Waals surface area contributed by atoms with E-state index in [1.54, 1.807) is 6.07 Å². The van der Waals surface area contributed by atoms with Gasteiger partial charge in [0.2, 0.25) is 0 Å². The van der Waals surface area contributed by atoms with Gasteiger partial charge in [-0.2, -0.15) is 5.10 Å². The normalized spacial score (nSPS) is 10.7. The molecule has 3 rings (SSSR count). The fourth-order valence-corrected chi connectivity index (χ4v) is 3.35. The van der Waals surface area contributed by atoms with E-state index < -0.39 is 0 Å². The molecule has 0 saturated heterocycles. The minimum Gasteiger partial charge on any atom is -0.494 e. The van der Waals surface area contributed by atoms with E-state index in [1.165, 1.54) is 11.3 Å². The number of amides is 1. The molecule has 130 valence electrons. The Morgan fingerprint density at radius 1 is 1.28 bits per heavy atom. The lowest BCUT2D eigenvalue weighted by atomic mass is 10.1. The molecule has 2 N–H and O–H groups in total. The number of aromatic nitrogens is 3. The van der Waals surface area contributed by atoms with Crippen LogP contribution in [0.15, 0.2) is 30.3 Å². The van der Waals surface area contributed by atoms with Gasteiger partial charge in [-0.05, 0) is 50.6 Å². The Kier molecular flexibility index (Phi) is 5.14. The second kappa shape index (κ2) is 7.48. The van der Waals surface area contributed by atoms with Crippen LogP contribution in [-0.2, 0) is 6.42 Å². The van der Waals surface area contributed by atoms with Crippen LogP contribution in [0.1, 0.15) is 34.9 Å². The maximum atomic E-state index is 12.4. The van der Waals surface area contributed by atoms with Crippen LogP contribution in [0.3, 0.4) is 0 Å². The first-order valence-corrected chi connectivity index (χ1v) is 8.98. The number of carbonyl (C=O) groups is 1. The Bertz CT molecular complexity index is 868. The van der Waals surface area contributed by atoms with Crippen molar-refractivity contribution in [1.82, 2.24) is 15.2 Å². The number of nitrogens with zero attached hydrogens (tertiary/aromatic N) is 2. The Morgan fingerprint density at radius 2 is 2.04 bits per heavy atom. The number of ether oxygens (including phenoxy) is 1. The number of aromatic amines is 1. The number of benzene rings is 1. The molecule has 0 spiro atoms. The van der Waals surface area contributed by atoms with Gasteiger partial charge in [0.05, 0.1) is 18.0 Å². The van der Waals surface area contributed by atoms with Crippen LogP contribution in [0.4, 0.5) is 5.13 Å². The van der Waals surface area contributed by atoms with Crippen molar-refractivity contribution in [3.63, 3.8) is 0 Å².